The Balaban J connectivity index is 0.000000682. The molecule has 216 valence electrons. The topological polar surface area (TPSA) is 149 Å². The van der Waals surface area contributed by atoms with Gasteiger partial charge < -0.3 is 4.55 Å². The minimum atomic E-state index is -3.81. The number of anilines is 2. The lowest BCUT2D eigenvalue weighted by atomic mass is 9.85. The molecule has 1 atom stereocenters. The molecule has 1 unspecified atom stereocenters. The van der Waals surface area contributed by atoms with Gasteiger partial charge in [-0.1, -0.05) is 31.4 Å². The fraction of sp³-hybridized carbons (Fsp3) is 0.0323. The van der Waals surface area contributed by atoms with E-state index in [1.807, 2.05) is 13.0 Å². The number of hydrogen-bond donors (Lipinski definition) is 0. The zero-order valence-corrected chi connectivity index (χ0v) is 24.1. The van der Waals surface area contributed by atoms with E-state index in [2.05, 4.69) is 13.2 Å². The van der Waals surface area contributed by atoms with Crippen LogP contribution in [0.3, 0.4) is 0 Å². The second kappa shape index (κ2) is 11.0. The van der Waals surface area contributed by atoms with Crippen molar-refractivity contribution in [1.29, 1.82) is 0 Å². The molecule has 2 heterocycles. The first-order valence-electron chi connectivity index (χ1n) is 12.5. The summed E-state index contributed by atoms with van der Waals surface area (Å²) in [4.78, 5) is 56.1. The summed E-state index contributed by atoms with van der Waals surface area (Å²) in [6, 6.07) is 18.3. The highest BCUT2D eigenvalue weighted by Gasteiger charge is 2.40. The Labute approximate surface area is 248 Å². The minimum Gasteiger partial charge on any atom is -0.769 e. The zero-order valence-electron chi connectivity index (χ0n) is 22.5. The van der Waals surface area contributed by atoms with Crippen LogP contribution in [0, 0.1) is 6.92 Å². The first-order chi connectivity index (χ1) is 20.4. The smallest absolute Gasteiger partial charge is 0.265 e. The number of rotatable bonds is 5. The fourth-order valence-corrected chi connectivity index (χ4v) is 5.75. The van der Waals surface area contributed by atoms with Gasteiger partial charge in [-0.2, -0.15) is 0 Å². The summed E-state index contributed by atoms with van der Waals surface area (Å²) >= 11 is -2.06. The summed E-state index contributed by atoms with van der Waals surface area (Å²) in [7, 11) is -3.81. The van der Waals surface area contributed by atoms with Gasteiger partial charge in [0.25, 0.3) is 23.6 Å². The molecule has 12 heteroatoms. The van der Waals surface area contributed by atoms with E-state index in [9.17, 15) is 36.4 Å². The molecule has 0 spiro atoms. The summed E-state index contributed by atoms with van der Waals surface area (Å²) in [5.74, 6) is -2.50. The quantitative estimate of drug-likeness (QED) is 0.233. The summed E-state index contributed by atoms with van der Waals surface area (Å²) in [6.07, 6.45) is 0. The molecule has 0 bridgehead atoms. The highest BCUT2D eigenvalue weighted by molar-refractivity contribution is 7.94. The number of imide groups is 2. The standard InChI is InChI=1S/C29H18N2O6S.C2H4O2S/c1-3-38(36,37)19-9-5-8-18(15-19)31-28(34)22-12-10-20-24-21(11-13-23(25(22)24)29(31)35)27(33)30(26(20)32)17-7-4-6-16(2)14-17;1-2-5(3)4/h3-15H,1H2,2H3;2H,1H2,(H,3,4)/p-1. The minimum absolute atomic E-state index is 0.0692. The second-order valence-corrected chi connectivity index (χ2v) is 12.2. The van der Waals surface area contributed by atoms with E-state index in [0.29, 0.717) is 5.69 Å². The number of carbonyl (C=O) groups is 4. The van der Waals surface area contributed by atoms with Crippen LogP contribution < -0.4 is 9.80 Å². The van der Waals surface area contributed by atoms with Gasteiger partial charge in [-0.05, 0) is 83.6 Å². The number of benzene rings is 4. The number of aryl methyl sites for hydroxylation is 1. The Morgan fingerprint density at radius 3 is 1.47 bits per heavy atom. The molecule has 0 aromatic heterocycles. The number of hydrogen-bond acceptors (Lipinski definition) is 8. The molecular weight excluding hydrogens is 592 g/mol. The molecule has 43 heavy (non-hydrogen) atoms. The van der Waals surface area contributed by atoms with Crippen LogP contribution in [-0.4, -0.2) is 40.8 Å². The maximum atomic E-state index is 13.6. The molecule has 10 nitrogen and oxygen atoms in total. The van der Waals surface area contributed by atoms with Crippen molar-refractivity contribution in [1.82, 2.24) is 0 Å². The lowest BCUT2D eigenvalue weighted by Gasteiger charge is -2.32. The third kappa shape index (κ3) is 4.91. The Morgan fingerprint density at radius 1 is 0.698 bits per heavy atom. The van der Waals surface area contributed by atoms with Gasteiger partial charge in [-0.15, -0.1) is 0 Å². The van der Waals surface area contributed by atoms with Crippen molar-refractivity contribution in [2.24, 2.45) is 0 Å². The van der Waals surface area contributed by atoms with Crippen LogP contribution in [0.1, 0.15) is 47.0 Å². The lowest BCUT2D eigenvalue weighted by molar-refractivity contribution is 0.0873. The van der Waals surface area contributed by atoms with Crippen LogP contribution in [0.15, 0.2) is 102 Å². The van der Waals surface area contributed by atoms with E-state index < -0.39 is 44.5 Å². The molecule has 4 amide bonds. The third-order valence-corrected chi connectivity index (χ3v) is 8.54. The third-order valence-electron chi connectivity index (χ3n) is 6.91. The molecular formula is C31H21N2O8S2-. The molecule has 2 aliphatic heterocycles. The largest absolute Gasteiger partial charge is 0.769 e. The normalized spacial score (nSPS) is 14.7. The number of nitrogens with zero attached hydrogens (tertiary/aromatic N) is 2. The molecule has 0 saturated heterocycles. The monoisotopic (exact) mass is 613 g/mol. The predicted octanol–water partition coefficient (Wildman–Crippen LogP) is 4.68. The van der Waals surface area contributed by atoms with Crippen LogP contribution in [0.5, 0.6) is 0 Å². The summed E-state index contributed by atoms with van der Waals surface area (Å²) < 4.78 is 43.1. The summed E-state index contributed by atoms with van der Waals surface area (Å²) in [6.45, 7) is 8.12. The first kappa shape index (κ1) is 29.5. The van der Waals surface area contributed by atoms with Gasteiger partial charge in [0.05, 0.1) is 16.3 Å². The van der Waals surface area contributed by atoms with Crippen molar-refractivity contribution in [3.8, 4) is 0 Å². The summed E-state index contributed by atoms with van der Waals surface area (Å²) in [5, 5.41) is 2.10. The van der Waals surface area contributed by atoms with E-state index in [-0.39, 0.29) is 43.6 Å². The summed E-state index contributed by atoms with van der Waals surface area (Å²) in [5.41, 5.74) is 2.03. The van der Waals surface area contributed by atoms with Gasteiger partial charge in [0.1, 0.15) is 0 Å². The number of amides is 4. The van der Waals surface area contributed by atoms with Gasteiger partial charge in [0.15, 0.2) is 9.84 Å². The molecule has 4 aromatic rings. The van der Waals surface area contributed by atoms with Crippen molar-refractivity contribution < 1.29 is 36.4 Å². The van der Waals surface area contributed by atoms with Crippen molar-refractivity contribution in [3.63, 3.8) is 0 Å². The average molecular weight is 614 g/mol. The molecule has 0 saturated carbocycles. The molecule has 2 aliphatic rings. The Morgan fingerprint density at radius 2 is 1.09 bits per heavy atom. The van der Waals surface area contributed by atoms with Crippen LogP contribution in [0.2, 0.25) is 0 Å². The second-order valence-electron chi connectivity index (χ2n) is 9.44. The van der Waals surface area contributed by atoms with Crippen LogP contribution in [-0.2, 0) is 20.9 Å². The Bertz CT molecular complexity index is 2000. The van der Waals surface area contributed by atoms with Crippen molar-refractivity contribution in [2.75, 3.05) is 9.80 Å². The molecule has 6 rings (SSSR count). The average Bonchev–Trinajstić information content (AvgIpc) is 2.99. The SMILES string of the molecule is C=CS(=O)(=O)c1cccc(N2C(=O)c3ccc4c5c(ccc(c35)C2=O)C(=O)N(c2cccc(C)c2)C4=O)c1.C=CS(=O)[O-]. The van der Waals surface area contributed by atoms with Gasteiger partial charge in [-0.3, -0.25) is 23.4 Å². The van der Waals surface area contributed by atoms with E-state index in [1.54, 1.807) is 18.2 Å². The van der Waals surface area contributed by atoms with Crippen LogP contribution in [0.25, 0.3) is 10.8 Å². The first-order valence-corrected chi connectivity index (χ1v) is 15.2. The van der Waals surface area contributed by atoms with Crippen molar-refractivity contribution in [3.05, 3.63) is 125 Å². The van der Waals surface area contributed by atoms with E-state index in [0.717, 1.165) is 26.2 Å². The lowest BCUT2D eigenvalue weighted by Crippen LogP contribution is -2.43. The van der Waals surface area contributed by atoms with Gasteiger partial charge >= 0.3 is 0 Å². The van der Waals surface area contributed by atoms with E-state index >= 15 is 0 Å². The zero-order chi connectivity index (χ0) is 31.2. The molecule has 4 aromatic carbocycles. The Hall–Kier alpha value is -5.04. The fourth-order valence-electron chi connectivity index (χ4n) is 5.01. The van der Waals surface area contributed by atoms with E-state index in [1.165, 1.54) is 48.5 Å². The Kier molecular flexibility index (Phi) is 7.52. The van der Waals surface area contributed by atoms with Gasteiger partial charge in [0.2, 0.25) is 0 Å². The van der Waals surface area contributed by atoms with Crippen molar-refractivity contribution >= 4 is 66.7 Å². The molecule has 0 radical (unpaired) electrons. The van der Waals surface area contributed by atoms with Crippen LogP contribution in [0.4, 0.5) is 11.4 Å². The predicted molar refractivity (Wildman–Crippen MR) is 160 cm³/mol. The van der Waals surface area contributed by atoms with Gasteiger partial charge in [-0.25, -0.2) is 18.2 Å². The van der Waals surface area contributed by atoms with Gasteiger partial charge in [0, 0.05) is 38.4 Å². The molecule has 0 aliphatic carbocycles. The maximum Gasteiger partial charge on any atom is 0.265 e. The van der Waals surface area contributed by atoms with Crippen LogP contribution >= 0.6 is 0 Å². The maximum absolute atomic E-state index is 13.6. The van der Waals surface area contributed by atoms with Crippen molar-refractivity contribution in [2.45, 2.75) is 11.8 Å². The highest BCUT2D eigenvalue weighted by Crippen LogP contribution is 2.40. The van der Waals surface area contributed by atoms with E-state index in [4.69, 9.17) is 0 Å². The molecule has 0 fully saturated rings. The highest BCUT2D eigenvalue weighted by atomic mass is 32.2. The number of carbonyl (C=O) groups excluding carboxylic acids is 4. The number of sulfone groups is 1. The molecule has 0 N–H and O–H groups in total.